The van der Waals surface area contributed by atoms with E-state index in [0.29, 0.717) is 0 Å². The lowest BCUT2D eigenvalue weighted by Crippen LogP contribution is -2.38. The highest BCUT2D eigenvalue weighted by molar-refractivity contribution is 8.00. The molecule has 1 fully saturated rings. The fourth-order valence-electron chi connectivity index (χ4n) is 2.60. The predicted molar refractivity (Wildman–Crippen MR) is 86.0 cm³/mol. The Bertz CT molecular complexity index is 662. The Labute approximate surface area is 131 Å². The number of fused-ring (bicyclic) bond motifs is 1. The van der Waals surface area contributed by atoms with E-state index < -0.39 is 5.97 Å². The smallest absolute Gasteiger partial charge is 0.313 e. The van der Waals surface area contributed by atoms with E-state index in [1.54, 1.807) is 6.20 Å². The van der Waals surface area contributed by atoms with Crippen molar-refractivity contribution in [2.45, 2.75) is 35.7 Å². The summed E-state index contributed by atoms with van der Waals surface area (Å²) in [5, 5.41) is 9.65. The van der Waals surface area contributed by atoms with Gasteiger partial charge in [0.05, 0.1) is 5.75 Å². The van der Waals surface area contributed by atoms with E-state index >= 15 is 0 Å². The van der Waals surface area contributed by atoms with Crippen LogP contribution in [-0.2, 0) is 11.3 Å². The van der Waals surface area contributed by atoms with Gasteiger partial charge in [-0.25, -0.2) is 9.97 Å². The van der Waals surface area contributed by atoms with Crippen molar-refractivity contribution in [3.63, 3.8) is 0 Å². The van der Waals surface area contributed by atoms with E-state index in [-0.39, 0.29) is 10.5 Å². The SMILES string of the molecule is CSC1(Cn2c(SCC(=O)O)nc3cccnc32)CCC1. The van der Waals surface area contributed by atoms with Crippen molar-refractivity contribution in [3.8, 4) is 0 Å². The third kappa shape index (κ3) is 2.89. The summed E-state index contributed by atoms with van der Waals surface area (Å²) < 4.78 is 2.35. The van der Waals surface area contributed by atoms with Gasteiger partial charge in [-0.15, -0.1) is 0 Å². The Balaban J connectivity index is 1.96. The third-order valence-electron chi connectivity index (χ3n) is 3.94. The number of imidazole rings is 1. The van der Waals surface area contributed by atoms with Crippen molar-refractivity contribution >= 4 is 40.7 Å². The van der Waals surface area contributed by atoms with Gasteiger partial charge >= 0.3 is 5.97 Å². The number of aromatic nitrogens is 3. The predicted octanol–water partition coefficient (Wildman–Crippen LogP) is 2.89. The first-order chi connectivity index (χ1) is 10.1. The van der Waals surface area contributed by atoms with E-state index in [1.807, 2.05) is 23.9 Å². The van der Waals surface area contributed by atoms with Crippen LogP contribution < -0.4 is 0 Å². The zero-order valence-electron chi connectivity index (χ0n) is 11.8. The Morgan fingerprint density at radius 2 is 2.33 bits per heavy atom. The molecule has 1 aliphatic carbocycles. The number of pyridine rings is 1. The molecule has 2 aromatic rings. The number of rotatable bonds is 6. The molecule has 0 bridgehead atoms. The monoisotopic (exact) mass is 323 g/mol. The Morgan fingerprint density at radius 1 is 1.52 bits per heavy atom. The second kappa shape index (κ2) is 5.88. The molecule has 0 amide bonds. The van der Waals surface area contributed by atoms with Crippen LogP contribution in [0.1, 0.15) is 19.3 Å². The maximum atomic E-state index is 10.8. The highest BCUT2D eigenvalue weighted by Crippen LogP contribution is 2.45. The number of hydrogen-bond donors (Lipinski definition) is 1. The normalized spacial score (nSPS) is 16.8. The summed E-state index contributed by atoms with van der Waals surface area (Å²) >= 11 is 3.17. The molecule has 2 heterocycles. The van der Waals surface area contributed by atoms with Crippen molar-refractivity contribution in [3.05, 3.63) is 18.3 Å². The van der Waals surface area contributed by atoms with E-state index in [9.17, 15) is 4.79 Å². The third-order valence-corrected chi connectivity index (χ3v) is 6.30. The van der Waals surface area contributed by atoms with Crippen LogP contribution in [0.3, 0.4) is 0 Å². The molecule has 21 heavy (non-hydrogen) atoms. The molecule has 5 nitrogen and oxygen atoms in total. The van der Waals surface area contributed by atoms with Gasteiger partial charge in [0.1, 0.15) is 5.52 Å². The van der Waals surface area contributed by atoms with Crippen LogP contribution in [0.5, 0.6) is 0 Å². The van der Waals surface area contributed by atoms with Crippen molar-refractivity contribution in [2.24, 2.45) is 0 Å². The first-order valence-corrected chi connectivity index (χ1v) is 9.06. The van der Waals surface area contributed by atoms with Crippen LogP contribution in [0.15, 0.2) is 23.5 Å². The Hall–Kier alpha value is -1.21. The van der Waals surface area contributed by atoms with Gasteiger partial charge in [-0.1, -0.05) is 18.2 Å². The number of carboxylic acids is 1. The molecule has 0 aromatic carbocycles. The number of thioether (sulfide) groups is 2. The zero-order valence-corrected chi connectivity index (χ0v) is 13.4. The van der Waals surface area contributed by atoms with Crippen molar-refractivity contribution in [1.29, 1.82) is 0 Å². The van der Waals surface area contributed by atoms with Crippen LogP contribution in [0.4, 0.5) is 0 Å². The summed E-state index contributed by atoms with van der Waals surface area (Å²) in [5.41, 5.74) is 1.69. The number of carboxylic acid groups (broad SMARTS) is 1. The average Bonchev–Trinajstić information content (AvgIpc) is 2.78. The van der Waals surface area contributed by atoms with Crippen molar-refractivity contribution in [2.75, 3.05) is 12.0 Å². The number of carbonyl (C=O) groups is 1. The van der Waals surface area contributed by atoms with Gasteiger partial charge in [0.15, 0.2) is 10.8 Å². The van der Waals surface area contributed by atoms with Gasteiger partial charge in [-0.05, 0) is 31.2 Å². The first kappa shape index (κ1) is 14.7. The summed E-state index contributed by atoms with van der Waals surface area (Å²) in [6.45, 7) is 0.851. The van der Waals surface area contributed by atoms with Gasteiger partial charge in [0.25, 0.3) is 0 Å². The zero-order chi connectivity index (χ0) is 14.9. The second-order valence-electron chi connectivity index (χ2n) is 5.25. The minimum absolute atomic E-state index is 0.0234. The molecule has 0 unspecified atom stereocenters. The minimum Gasteiger partial charge on any atom is -0.481 e. The Morgan fingerprint density at radius 3 is 2.95 bits per heavy atom. The van der Waals surface area contributed by atoms with E-state index in [2.05, 4.69) is 20.8 Å². The summed E-state index contributed by atoms with van der Waals surface area (Å²) in [5.74, 6) is -0.801. The fourth-order valence-corrected chi connectivity index (χ4v) is 4.28. The van der Waals surface area contributed by atoms with Crippen LogP contribution >= 0.6 is 23.5 Å². The van der Waals surface area contributed by atoms with Crippen molar-refractivity contribution < 1.29 is 9.90 Å². The molecular formula is C14H17N3O2S2. The summed E-state index contributed by atoms with van der Waals surface area (Å²) in [6, 6.07) is 3.79. The molecular weight excluding hydrogens is 306 g/mol. The van der Waals surface area contributed by atoms with Crippen LogP contribution in [0, 0.1) is 0 Å². The van der Waals surface area contributed by atoms with Gasteiger partial charge in [0, 0.05) is 17.5 Å². The van der Waals surface area contributed by atoms with Gasteiger partial charge in [0.2, 0.25) is 0 Å². The van der Waals surface area contributed by atoms with E-state index in [0.717, 1.165) is 22.9 Å². The second-order valence-corrected chi connectivity index (χ2v) is 7.47. The quantitative estimate of drug-likeness (QED) is 0.825. The van der Waals surface area contributed by atoms with Gasteiger partial charge < -0.3 is 9.67 Å². The van der Waals surface area contributed by atoms with E-state index in [4.69, 9.17) is 5.11 Å². The molecule has 0 aliphatic heterocycles. The first-order valence-electron chi connectivity index (χ1n) is 6.84. The van der Waals surface area contributed by atoms with Crippen LogP contribution in [0.25, 0.3) is 11.2 Å². The standard InChI is InChI=1S/C14H17N3O2S2/c1-20-14(5-3-6-14)9-17-12-10(4-2-7-15-12)16-13(17)21-8-11(18)19/h2,4,7H,3,5-6,8-9H2,1H3,(H,18,19). The molecule has 1 aliphatic rings. The molecule has 0 radical (unpaired) electrons. The largest absolute Gasteiger partial charge is 0.481 e. The number of hydrogen-bond acceptors (Lipinski definition) is 5. The maximum absolute atomic E-state index is 10.8. The summed E-state index contributed by atoms with van der Waals surface area (Å²) in [4.78, 5) is 19.8. The summed E-state index contributed by atoms with van der Waals surface area (Å²) in [6.07, 6.45) is 7.57. The topological polar surface area (TPSA) is 68.0 Å². The molecule has 7 heteroatoms. The number of aliphatic carboxylic acids is 1. The number of nitrogens with zero attached hydrogens (tertiary/aromatic N) is 3. The Kier molecular flexibility index (Phi) is 4.12. The maximum Gasteiger partial charge on any atom is 0.313 e. The molecule has 1 saturated carbocycles. The van der Waals surface area contributed by atoms with E-state index in [1.165, 1.54) is 31.0 Å². The molecule has 1 N–H and O–H groups in total. The van der Waals surface area contributed by atoms with Gasteiger partial charge in [-0.3, -0.25) is 4.79 Å². The lowest BCUT2D eigenvalue weighted by atomic mass is 9.84. The lowest BCUT2D eigenvalue weighted by Gasteiger charge is -2.40. The minimum atomic E-state index is -0.824. The molecule has 112 valence electrons. The van der Waals surface area contributed by atoms with Crippen molar-refractivity contribution in [1.82, 2.24) is 14.5 Å². The lowest BCUT2D eigenvalue weighted by molar-refractivity contribution is -0.133. The highest BCUT2D eigenvalue weighted by Gasteiger charge is 2.37. The van der Waals surface area contributed by atoms with Gasteiger partial charge in [-0.2, -0.15) is 11.8 Å². The summed E-state index contributed by atoms with van der Waals surface area (Å²) in [7, 11) is 0. The molecule has 0 saturated heterocycles. The molecule has 0 atom stereocenters. The van der Waals surface area contributed by atoms with Crippen LogP contribution in [0.2, 0.25) is 0 Å². The fraction of sp³-hybridized carbons (Fsp3) is 0.500. The molecule has 0 spiro atoms. The molecule has 3 rings (SSSR count). The molecule has 2 aromatic heterocycles. The van der Waals surface area contributed by atoms with Crippen LogP contribution in [-0.4, -0.2) is 42.4 Å². The average molecular weight is 323 g/mol. The highest BCUT2D eigenvalue weighted by atomic mass is 32.2.